The van der Waals surface area contributed by atoms with Crippen molar-refractivity contribution in [2.75, 3.05) is 30.3 Å². The lowest BCUT2D eigenvalue weighted by molar-refractivity contribution is -0.384. The number of aliphatic hydroxyl groups is 1. The van der Waals surface area contributed by atoms with E-state index in [1.807, 2.05) is 0 Å². The van der Waals surface area contributed by atoms with Gasteiger partial charge in [-0.25, -0.2) is 8.78 Å². The fourth-order valence-electron chi connectivity index (χ4n) is 1.54. The molecule has 0 aliphatic heterocycles. The lowest BCUT2D eigenvalue weighted by Gasteiger charge is -2.24. The van der Waals surface area contributed by atoms with Crippen LogP contribution in [-0.4, -0.2) is 36.2 Å². The minimum atomic E-state index is -2.59. The van der Waals surface area contributed by atoms with Crippen LogP contribution in [0.2, 0.25) is 0 Å². The third-order valence-corrected chi connectivity index (χ3v) is 2.29. The van der Waals surface area contributed by atoms with Gasteiger partial charge < -0.3 is 15.7 Å². The standard InChI is InChI=1S/C10H13F2N3O3/c11-10(12)6-14(3-4-16)9-2-1-7(15(17)18)5-8(9)13/h1-2,5,10,16H,3-4,6,13H2. The van der Waals surface area contributed by atoms with Gasteiger partial charge in [0.25, 0.3) is 12.1 Å². The molecule has 0 spiro atoms. The van der Waals surface area contributed by atoms with Crippen molar-refractivity contribution in [2.45, 2.75) is 6.43 Å². The number of hydrogen-bond donors (Lipinski definition) is 2. The summed E-state index contributed by atoms with van der Waals surface area (Å²) >= 11 is 0. The number of benzene rings is 1. The summed E-state index contributed by atoms with van der Waals surface area (Å²) in [4.78, 5) is 11.1. The number of nitro groups is 1. The van der Waals surface area contributed by atoms with Gasteiger partial charge in [-0.15, -0.1) is 0 Å². The van der Waals surface area contributed by atoms with Crippen LogP contribution in [0.4, 0.5) is 25.8 Å². The van der Waals surface area contributed by atoms with Crippen molar-refractivity contribution in [3.63, 3.8) is 0 Å². The van der Waals surface area contributed by atoms with E-state index in [2.05, 4.69) is 0 Å². The van der Waals surface area contributed by atoms with Gasteiger partial charge in [-0.05, 0) is 6.07 Å². The second-order valence-corrected chi connectivity index (χ2v) is 3.56. The first-order chi connectivity index (χ1) is 8.45. The van der Waals surface area contributed by atoms with Gasteiger partial charge >= 0.3 is 0 Å². The molecular formula is C10H13F2N3O3. The number of anilines is 2. The summed E-state index contributed by atoms with van der Waals surface area (Å²) in [6, 6.07) is 3.58. The van der Waals surface area contributed by atoms with E-state index >= 15 is 0 Å². The minimum absolute atomic E-state index is 0.0215. The maximum Gasteiger partial charge on any atom is 0.271 e. The van der Waals surface area contributed by atoms with E-state index in [4.69, 9.17) is 10.8 Å². The maximum absolute atomic E-state index is 12.4. The van der Waals surface area contributed by atoms with Gasteiger partial charge in [0, 0.05) is 18.7 Å². The van der Waals surface area contributed by atoms with Gasteiger partial charge in [0.2, 0.25) is 0 Å². The minimum Gasteiger partial charge on any atom is -0.397 e. The van der Waals surface area contributed by atoms with E-state index in [9.17, 15) is 18.9 Å². The number of nitro benzene ring substituents is 1. The Kier molecular flexibility index (Phi) is 4.78. The van der Waals surface area contributed by atoms with Gasteiger partial charge in [-0.3, -0.25) is 10.1 Å². The average Bonchev–Trinajstić information content (AvgIpc) is 2.27. The number of hydrogen-bond acceptors (Lipinski definition) is 5. The summed E-state index contributed by atoms with van der Waals surface area (Å²) in [5.74, 6) is 0. The number of nitrogens with zero attached hydrogens (tertiary/aromatic N) is 2. The average molecular weight is 261 g/mol. The molecule has 1 aromatic rings. The SMILES string of the molecule is Nc1cc([N+](=O)[O-])ccc1N(CCO)CC(F)F. The van der Waals surface area contributed by atoms with Gasteiger partial charge in [-0.1, -0.05) is 0 Å². The highest BCUT2D eigenvalue weighted by Gasteiger charge is 2.17. The van der Waals surface area contributed by atoms with E-state index in [0.717, 1.165) is 6.07 Å². The molecule has 6 nitrogen and oxygen atoms in total. The van der Waals surface area contributed by atoms with Crippen molar-refractivity contribution in [1.82, 2.24) is 0 Å². The Hall–Kier alpha value is -1.96. The lowest BCUT2D eigenvalue weighted by atomic mass is 10.2. The fraction of sp³-hybridized carbons (Fsp3) is 0.400. The maximum atomic E-state index is 12.4. The molecule has 3 N–H and O–H groups in total. The number of halogens is 2. The predicted molar refractivity (Wildman–Crippen MR) is 62.8 cm³/mol. The zero-order chi connectivity index (χ0) is 13.7. The Balaban J connectivity index is 3.01. The van der Waals surface area contributed by atoms with Gasteiger partial charge in [-0.2, -0.15) is 0 Å². The molecule has 0 saturated carbocycles. The molecule has 0 atom stereocenters. The molecule has 1 rings (SSSR count). The van der Waals surface area contributed by atoms with Gasteiger partial charge in [0.1, 0.15) is 0 Å². The van der Waals surface area contributed by atoms with E-state index in [-0.39, 0.29) is 30.2 Å². The zero-order valence-corrected chi connectivity index (χ0v) is 9.42. The van der Waals surface area contributed by atoms with Crippen LogP contribution in [0.5, 0.6) is 0 Å². The molecule has 0 saturated heterocycles. The molecular weight excluding hydrogens is 248 g/mol. The summed E-state index contributed by atoms with van der Waals surface area (Å²) in [5.41, 5.74) is 5.65. The van der Waals surface area contributed by atoms with Crippen LogP contribution in [-0.2, 0) is 0 Å². The fourth-order valence-corrected chi connectivity index (χ4v) is 1.54. The van der Waals surface area contributed by atoms with Crippen molar-refractivity contribution < 1.29 is 18.8 Å². The summed E-state index contributed by atoms with van der Waals surface area (Å²) in [5, 5.41) is 19.3. The topological polar surface area (TPSA) is 92.6 Å². The van der Waals surface area contributed by atoms with E-state index in [0.29, 0.717) is 0 Å². The smallest absolute Gasteiger partial charge is 0.271 e. The molecule has 18 heavy (non-hydrogen) atoms. The van der Waals surface area contributed by atoms with Crippen molar-refractivity contribution >= 4 is 17.1 Å². The second kappa shape index (κ2) is 6.10. The van der Waals surface area contributed by atoms with E-state index in [1.54, 1.807) is 0 Å². The van der Waals surface area contributed by atoms with E-state index < -0.39 is 17.9 Å². The summed E-state index contributed by atoms with van der Waals surface area (Å²) in [6.45, 7) is -0.932. The van der Waals surface area contributed by atoms with Crippen LogP contribution in [0.3, 0.4) is 0 Å². The van der Waals surface area contributed by atoms with Crippen LogP contribution in [0.15, 0.2) is 18.2 Å². The Morgan fingerprint density at radius 3 is 2.61 bits per heavy atom. The molecule has 0 fully saturated rings. The third kappa shape index (κ3) is 3.52. The monoisotopic (exact) mass is 261 g/mol. The van der Waals surface area contributed by atoms with Crippen molar-refractivity contribution in [1.29, 1.82) is 0 Å². The number of rotatable bonds is 6. The van der Waals surface area contributed by atoms with Crippen LogP contribution in [0.25, 0.3) is 0 Å². The normalized spacial score (nSPS) is 10.7. The molecule has 0 bridgehead atoms. The van der Waals surface area contributed by atoms with Gasteiger partial charge in [0.15, 0.2) is 0 Å². The quantitative estimate of drug-likeness (QED) is 0.456. The van der Waals surface area contributed by atoms with Crippen molar-refractivity contribution in [2.24, 2.45) is 0 Å². The first kappa shape index (κ1) is 14.1. The number of alkyl halides is 2. The lowest BCUT2D eigenvalue weighted by Crippen LogP contribution is -2.32. The molecule has 0 aromatic heterocycles. The van der Waals surface area contributed by atoms with Crippen molar-refractivity contribution in [3.05, 3.63) is 28.3 Å². The van der Waals surface area contributed by atoms with Crippen LogP contribution in [0.1, 0.15) is 0 Å². The number of aliphatic hydroxyl groups excluding tert-OH is 1. The Morgan fingerprint density at radius 2 is 2.17 bits per heavy atom. The summed E-state index contributed by atoms with van der Waals surface area (Å²) in [7, 11) is 0. The van der Waals surface area contributed by atoms with Crippen LogP contribution >= 0.6 is 0 Å². The first-order valence-electron chi connectivity index (χ1n) is 5.13. The molecule has 0 amide bonds. The Labute approximate surface area is 102 Å². The highest BCUT2D eigenvalue weighted by Crippen LogP contribution is 2.27. The molecule has 0 aliphatic rings. The van der Waals surface area contributed by atoms with Gasteiger partial charge in [0.05, 0.1) is 29.4 Å². The highest BCUT2D eigenvalue weighted by molar-refractivity contribution is 5.70. The molecule has 0 heterocycles. The highest BCUT2D eigenvalue weighted by atomic mass is 19.3. The van der Waals surface area contributed by atoms with Crippen LogP contribution < -0.4 is 10.6 Å². The Bertz CT molecular complexity index is 429. The largest absolute Gasteiger partial charge is 0.397 e. The molecule has 0 aliphatic carbocycles. The predicted octanol–water partition coefficient (Wildman–Crippen LogP) is 1.24. The zero-order valence-electron chi connectivity index (χ0n) is 9.42. The summed E-state index contributed by atoms with van der Waals surface area (Å²) in [6.07, 6.45) is -2.59. The molecule has 0 unspecified atom stereocenters. The third-order valence-electron chi connectivity index (χ3n) is 2.29. The second-order valence-electron chi connectivity index (χ2n) is 3.56. The van der Waals surface area contributed by atoms with Crippen molar-refractivity contribution in [3.8, 4) is 0 Å². The number of nitrogen functional groups attached to an aromatic ring is 1. The number of nitrogens with two attached hydrogens (primary N) is 1. The van der Waals surface area contributed by atoms with E-state index in [1.165, 1.54) is 17.0 Å². The van der Waals surface area contributed by atoms with Crippen LogP contribution in [0, 0.1) is 10.1 Å². The summed E-state index contributed by atoms with van der Waals surface area (Å²) < 4.78 is 24.7. The molecule has 8 heteroatoms. The molecule has 100 valence electrons. The number of non-ortho nitro benzene ring substituents is 1. The Morgan fingerprint density at radius 1 is 1.50 bits per heavy atom. The molecule has 1 aromatic carbocycles. The first-order valence-corrected chi connectivity index (χ1v) is 5.13. The molecule has 0 radical (unpaired) electrons.